The van der Waals surface area contributed by atoms with Crippen LogP contribution < -0.4 is 5.32 Å². The number of halogens is 1. The Labute approximate surface area is 126 Å². The van der Waals surface area contributed by atoms with Crippen LogP contribution in [-0.2, 0) is 0 Å². The van der Waals surface area contributed by atoms with Crippen molar-refractivity contribution in [3.05, 3.63) is 44.4 Å². The van der Waals surface area contributed by atoms with Crippen LogP contribution in [0.3, 0.4) is 0 Å². The lowest BCUT2D eigenvalue weighted by atomic mass is 10.1. The van der Waals surface area contributed by atoms with Crippen molar-refractivity contribution in [1.82, 2.24) is 4.98 Å². The molecule has 0 fully saturated rings. The van der Waals surface area contributed by atoms with Gasteiger partial charge in [-0.2, -0.15) is 0 Å². The largest absolute Gasteiger partial charge is 0.478 e. The molecule has 1 unspecified atom stereocenters. The van der Waals surface area contributed by atoms with E-state index in [0.29, 0.717) is 0 Å². The number of carboxylic acid groups (broad SMARTS) is 1. The maximum atomic E-state index is 11.1. The van der Waals surface area contributed by atoms with E-state index in [2.05, 4.69) is 10.3 Å². The van der Waals surface area contributed by atoms with Crippen LogP contribution in [-0.4, -0.2) is 16.1 Å². The van der Waals surface area contributed by atoms with Crippen molar-refractivity contribution >= 4 is 34.6 Å². The average Bonchev–Trinajstić information content (AvgIpc) is 2.70. The van der Waals surface area contributed by atoms with Gasteiger partial charge >= 0.3 is 5.97 Å². The minimum Gasteiger partial charge on any atom is -0.478 e. The summed E-state index contributed by atoms with van der Waals surface area (Å²) in [5.41, 5.74) is 1.82. The summed E-state index contributed by atoms with van der Waals surface area (Å²) in [6.07, 6.45) is 0. The quantitative estimate of drug-likeness (QED) is 0.884. The van der Waals surface area contributed by atoms with Crippen LogP contribution >= 0.6 is 22.9 Å². The number of thiazole rings is 1. The number of nitrogens with one attached hydrogen (secondary N) is 1. The summed E-state index contributed by atoms with van der Waals surface area (Å²) >= 11 is 7.50. The van der Waals surface area contributed by atoms with Gasteiger partial charge in [0, 0.05) is 10.6 Å². The van der Waals surface area contributed by atoms with Crippen molar-refractivity contribution in [2.75, 3.05) is 5.32 Å². The smallest absolute Gasteiger partial charge is 0.337 e. The van der Waals surface area contributed by atoms with Gasteiger partial charge < -0.3 is 10.4 Å². The molecule has 6 heteroatoms. The van der Waals surface area contributed by atoms with Gasteiger partial charge in [0.25, 0.3) is 0 Å². The highest BCUT2D eigenvalue weighted by Gasteiger charge is 2.14. The fourth-order valence-corrected chi connectivity index (χ4v) is 3.17. The highest BCUT2D eigenvalue weighted by molar-refractivity contribution is 7.11. The molecule has 2 aromatic rings. The number of carboxylic acids is 1. The lowest BCUT2D eigenvalue weighted by Crippen LogP contribution is -2.07. The Balaban J connectivity index is 2.24. The number of benzene rings is 1. The third-order valence-electron chi connectivity index (χ3n) is 2.91. The second kappa shape index (κ2) is 5.81. The topological polar surface area (TPSA) is 62.2 Å². The number of anilines is 1. The highest BCUT2D eigenvalue weighted by Crippen LogP contribution is 2.29. The van der Waals surface area contributed by atoms with E-state index in [0.717, 1.165) is 21.3 Å². The van der Waals surface area contributed by atoms with Gasteiger partial charge in [-0.15, -0.1) is 11.3 Å². The zero-order valence-electron chi connectivity index (χ0n) is 11.4. The highest BCUT2D eigenvalue weighted by atomic mass is 35.5. The first-order chi connectivity index (χ1) is 9.38. The first-order valence-electron chi connectivity index (χ1n) is 6.11. The van der Waals surface area contributed by atoms with Crippen LogP contribution in [0.1, 0.15) is 38.9 Å². The van der Waals surface area contributed by atoms with Gasteiger partial charge in [-0.25, -0.2) is 9.78 Å². The zero-order chi connectivity index (χ0) is 14.9. The Morgan fingerprint density at radius 1 is 1.45 bits per heavy atom. The van der Waals surface area contributed by atoms with Crippen molar-refractivity contribution in [2.24, 2.45) is 0 Å². The van der Waals surface area contributed by atoms with E-state index in [1.54, 1.807) is 29.5 Å². The standard InChI is InChI=1S/C14H15ClN2O2S/c1-7-13(20-9(3)16-7)8(2)17-10-4-5-12(15)11(6-10)14(18)19/h4-6,8,17H,1-3H3,(H,18,19). The van der Waals surface area contributed by atoms with E-state index in [4.69, 9.17) is 16.7 Å². The molecule has 1 atom stereocenters. The first-order valence-corrected chi connectivity index (χ1v) is 7.31. The molecule has 2 rings (SSSR count). The van der Waals surface area contributed by atoms with Crippen LogP contribution in [0.4, 0.5) is 5.69 Å². The van der Waals surface area contributed by atoms with Gasteiger partial charge in [0.15, 0.2) is 0 Å². The lowest BCUT2D eigenvalue weighted by Gasteiger charge is -2.15. The van der Waals surface area contributed by atoms with Crippen molar-refractivity contribution in [3.63, 3.8) is 0 Å². The lowest BCUT2D eigenvalue weighted by molar-refractivity contribution is 0.0697. The number of carbonyl (C=O) groups is 1. The Kier molecular flexibility index (Phi) is 4.30. The fraction of sp³-hybridized carbons (Fsp3) is 0.286. The van der Waals surface area contributed by atoms with E-state index in [1.165, 1.54) is 0 Å². The molecule has 4 nitrogen and oxygen atoms in total. The van der Waals surface area contributed by atoms with Crippen molar-refractivity contribution in [3.8, 4) is 0 Å². The third-order valence-corrected chi connectivity index (χ3v) is 4.50. The van der Waals surface area contributed by atoms with Gasteiger partial charge in [-0.05, 0) is 39.0 Å². The number of aromatic carboxylic acids is 1. The van der Waals surface area contributed by atoms with Gasteiger partial charge in [0.1, 0.15) is 0 Å². The number of hydrogen-bond acceptors (Lipinski definition) is 4. The predicted molar refractivity (Wildman–Crippen MR) is 82.0 cm³/mol. The van der Waals surface area contributed by atoms with Crippen LogP contribution in [0, 0.1) is 13.8 Å². The molecule has 106 valence electrons. The maximum Gasteiger partial charge on any atom is 0.337 e. The van der Waals surface area contributed by atoms with Crippen LogP contribution in [0.15, 0.2) is 18.2 Å². The van der Waals surface area contributed by atoms with Crippen LogP contribution in [0.25, 0.3) is 0 Å². The summed E-state index contributed by atoms with van der Waals surface area (Å²) in [6.45, 7) is 5.97. The number of rotatable bonds is 4. The molecule has 0 aliphatic carbocycles. The van der Waals surface area contributed by atoms with E-state index >= 15 is 0 Å². The second-order valence-electron chi connectivity index (χ2n) is 4.55. The number of hydrogen-bond donors (Lipinski definition) is 2. The molecule has 0 spiro atoms. The normalized spacial score (nSPS) is 12.2. The zero-order valence-corrected chi connectivity index (χ0v) is 13.0. The molecule has 0 saturated carbocycles. The average molecular weight is 311 g/mol. The minimum absolute atomic E-state index is 0.0593. The molecule has 1 aromatic heterocycles. The van der Waals surface area contributed by atoms with Crippen LogP contribution in [0.2, 0.25) is 5.02 Å². The minimum atomic E-state index is -1.03. The molecule has 0 aliphatic rings. The summed E-state index contributed by atoms with van der Waals surface area (Å²) < 4.78 is 0. The van der Waals surface area contributed by atoms with Gasteiger partial charge in [0.2, 0.25) is 0 Å². The third kappa shape index (κ3) is 3.11. The Morgan fingerprint density at radius 2 is 2.15 bits per heavy atom. The van der Waals surface area contributed by atoms with Gasteiger partial charge in [-0.1, -0.05) is 11.6 Å². The Hall–Kier alpha value is -1.59. The summed E-state index contributed by atoms with van der Waals surface area (Å²) in [5, 5.41) is 13.6. The molecule has 1 aromatic carbocycles. The molecular weight excluding hydrogens is 296 g/mol. The summed E-state index contributed by atoms with van der Waals surface area (Å²) in [5.74, 6) is -1.03. The number of nitrogens with zero attached hydrogens (tertiary/aromatic N) is 1. The van der Waals surface area contributed by atoms with Gasteiger partial charge in [0.05, 0.1) is 27.3 Å². The number of aryl methyl sites for hydroxylation is 2. The monoisotopic (exact) mass is 310 g/mol. The molecule has 0 saturated heterocycles. The number of aromatic nitrogens is 1. The summed E-state index contributed by atoms with van der Waals surface area (Å²) in [7, 11) is 0. The molecule has 2 N–H and O–H groups in total. The Bertz CT molecular complexity index is 655. The van der Waals surface area contributed by atoms with E-state index in [1.807, 2.05) is 20.8 Å². The summed E-state index contributed by atoms with van der Waals surface area (Å²) in [4.78, 5) is 16.6. The first kappa shape index (κ1) is 14.8. The second-order valence-corrected chi connectivity index (χ2v) is 6.19. The summed E-state index contributed by atoms with van der Waals surface area (Å²) in [6, 6.07) is 4.97. The van der Waals surface area contributed by atoms with E-state index in [9.17, 15) is 4.79 Å². The molecule has 20 heavy (non-hydrogen) atoms. The van der Waals surface area contributed by atoms with E-state index in [-0.39, 0.29) is 16.6 Å². The molecule has 0 aliphatic heterocycles. The van der Waals surface area contributed by atoms with Crippen molar-refractivity contribution in [1.29, 1.82) is 0 Å². The van der Waals surface area contributed by atoms with Gasteiger partial charge in [-0.3, -0.25) is 0 Å². The SMILES string of the molecule is Cc1nc(C)c(C(C)Nc2ccc(Cl)c(C(=O)O)c2)s1. The molecule has 0 bridgehead atoms. The molecular formula is C14H15ClN2O2S. The molecule has 0 amide bonds. The van der Waals surface area contributed by atoms with Crippen molar-refractivity contribution in [2.45, 2.75) is 26.8 Å². The van der Waals surface area contributed by atoms with Crippen LogP contribution in [0.5, 0.6) is 0 Å². The Morgan fingerprint density at radius 3 is 2.70 bits per heavy atom. The maximum absolute atomic E-state index is 11.1. The van der Waals surface area contributed by atoms with E-state index < -0.39 is 5.97 Å². The fourth-order valence-electron chi connectivity index (χ4n) is 2.04. The predicted octanol–water partition coefficient (Wildman–Crippen LogP) is 4.28. The molecule has 0 radical (unpaired) electrons. The van der Waals surface area contributed by atoms with Crippen molar-refractivity contribution < 1.29 is 9.90 Å². The molecule has 1 heterocycles.